The second-order valence-corrected chi connectivity index (χ2v) is 5.30. The number of amides is 1. The average molecular weight is 307 g/mol. The van der Waals surface area contributed by atoms with Gasteiger partial charge in [-0.05, 0) is 35.9 Å². The van der Waals surface area contributed by atoms with Crippen LogP contribution in [0.4, 0.5) is 10.1 Å². The zero-order valence-corrected chi connectivity index (χ0v) is 12.6. The minimum Gasteiger partial charge on any atom is -0.378 e. The van der Waals surface area contributed by atoms with Crippen molar-refractivity contribution in [2.24, 2.45) is 0 Å². The molecule has 2 aromatic rings. The molecule has 21 heavy (non-hydrogen) atoms. The fourth-order valence-corrected chi connectivity index (χ4v) is 2.03. The number of benzene rings is 2. The molecule has 2 aromatic carbocycles. The smallest absolute Gasteiger partial charge is 0.254 e. The molecule has 0 heterocycles. The number of carbonyl (C=O) groups excluding carboxylic acids is 1. The minimum atomic E-state index is -0.583. The Balaban J connectivity index is 2.02. The Bertz CT molecular complexity index is 641. The number of rotatable bonds is 4. The minimum absolute atomic E-state index is 0.0487. The van der Waals surface area contributed by atoms with Crippen LogP contribution in [-0.2, 0) is 6.54 Å². The van der Waals surface area contributed by atoms with Gasteiger partial charge in [0.05, 0.1) is 5.56 Å². The molecule has 0 fully saturated rings. The Morgan fingerprint density at radius 1 is 1.19 bits per heavy atom. The monoisotopic (exact) mass is 306 g/mol. The van der Waals surface area contributed by atoms with Gasteiger partial charge in [0.15, 0.2) is 0 Å². The molecule has 0 aliphatic carbocycles. The molecule has 5 heteroatoms. The molecule has 0 aliphatic heterocycles. The maximum atomic E-state index is 13.6. The zero-order valence-electron chi connectivity index (χ0n) is 11.9. The highest BCUT2D eigenvalue weighted by Crippen LogP contribution is 2.15. The fraction of sp³-hybridized carbons (Fsp3) is 0.188. The van der Waals surface area contributed by atoms with Crippen LogP contribution in [0.15, 0.2) is 42.5 Å². The van der Waals surface area contributed by atoms with E-state index in [0.29, 0.717) is 11.6 Å². The van der Waals surface area contributed by atoms with Crippen LogP contribution in [0, 0.1) is 5.82 Å². The summed E-state index contributed by atoms with van der Waals surface area (Å²) in [5.74, 6) is -1.06. The average Bonchev–Trinajstić information content (AvgIpc) is 2.47. The number of nitrogens with one attached hydrogen (secondary N) is 1. The van der Waals surface area contributed by atoms with Crippen molar-refractivity contribution < 1.29 is 9.18 Å². The van der Waals surface area contributed by atoms with E-state index in [9.17, 15) is 9.18 Å². The second kappa shape index (κ2) is 6.59. The molecule has 1 N–H and O–H groups in total. The van der Waals surface area contributed by atoms with Crippen LogP contribution in [0.5, 0.6) is 0 Å². The van der Waals surface area contributed by atoms with Crippen molar-refractivity contribution in [3.05, 3.63) is 64.4 Å². The number of nitrogens with zero attached hydrogens (tertiary/aromatic N) is 1. The SMILES string of the molecule is CN(C)c1ccc(CNC(=O)c2cc(Cl)ccc2F)cc1. The van der Waals surface area contributed by atoms with Gasteiger partial charge in [-0.25, -0.2) is 4.39 Å². The summed E-state index contributed by atoms with van der Waals surface area (Å²) in [6.45, 7) is 0.332. The molecule has 0 saturated carbocycles. The summed E-state index contributed by atoms with van der Waals surface area (Å²) in [5.41, 5.74) is 1.97. The van der Waals surface area contributed by atoms with E-state index in [2.05, 4.69) is 5.32 Å². The van der Waals surface area contributed by atoms with E-state index < -0.39 is 11.7 Å². The van der Waals surface area contributed by atoms with E-state index in [1.807, 2.05) is 43.3 Å². The number of hydrogen-bond donors (Lipinski definition) is 1. The first-order valence-corrected chi connectivity index (χ1v) is 6.84. The summed E-state index contributed by atoms with van der Waals surface area (Å²) in [5, 5.41) is 3.01. The molecule has 0 saturated heterocycles. The van der Waals surface area contributed by atoms with Crippen molar-refractivity contribution in [2.75, 3.05) is 19.0 Å². The molecule has 0 radical (unpaired) electrons. The summed E-state index contributed by atoms with van der Waals surface area (Å²) in [6, 6.07) is 11.7. The molecule has 0 spiro atoms. The van der Waals surface area contributed by atoms with E-state index in [-0.39, 0.29) is 5.56 Å². The lowest BCUT2D eigenvalue weighted by Crippen LogP contribution is -2.23. The molecule has 1 amide bonds. The van der Waals surface area contributed by atoms with Crippen LogP contribution in [0.2, 0.25) is 5.02 Å². The van der Waals surface area contributed by atoms with Gasteiger partial charge < -0.3 is 10.2 Å². The van der Waals surface area contributed by atoms with Gasteiger partial charge in [-0.15, -0.1) is 0 Å². The topological polar surface area (TPSA) is 32.3 Å². The van der Waals surface area contributed by atoms with Gasteiger partial charge in [-0.1, -0.05) is 23.7 Å². The molecule has 2 rings (SSSR count). The van der Waals surface area contributed by atoms with Gasteiger partial charge in [0.1, 0.15) is 5.82 Å². The number of anilines is 1. The third-order valence-electron chi connectivity index (χ3n) is 3.08. The van der Waals surface area contributed by atoms with E-state index in [0.717, 1.165) is 11.3 Å². The van der Waals surface area contributed by atoms with Crippen molar-refractivity contribution in [3.8, 4) is 0 Å². The molecule has 0 aromatic heterocycles. The highest BCUT2D eigenvalue weighted by Gasteiger charge is 2.11. The zero-order chi connectivity index (χ0) is 15.4. The van der Waals surface area contributed by atoms with Gasteiger partial charge in [-0.2, -0.15) is 0 Å². The summed E-state index contributed by atoms with van der Waals surface area (Å²) in [7, 11) is 3.91. The lowest BCUT2D eigenvalue weighted by Gasteiger charge is -2.13. The van der Waals surface area contributed by atoms with Gasteiger partial charge in [0.25, 0.3) is 5.91 Å². The Labute approximate surface area is 128 Å². The van der Waals surface area contributed by atoms with E-state index in [4.69, 9.17) is 11.6 Å². The predicted molar refractivity (Wildman–Crippen MR) is 83.3 cm³/mol. The van der Waals surface area contributed by atoms with E-state index in [1.54, 1.807) is 0 Å². The van der Waals surface area contributed by atoms with Crippen molar-refractivity contribution in [3.63, 3.8) is 0 Å². The Kier molecular flexibility index (Phi) is 4.81. The van der Waals surface area contributed by atoms with Crippen molar-refractivity contribution in [2.45, 2.75) is 6.54 Å². The summed E-state index contributed by atoms with van der Waals surface area (Å²) in [6.07, 6.45) is 0. The molecule has 0 unspecified atom stereocenters. The molecule has 3 nitrogen and oxygen atoms in total. The van der Waals surface area contributed by atoms with Crippen LogP contribution >= 0.6 is 11.6 Å². The molecule has 0 bridgehead atoms. The van der Waals surface area contributed by atoms with Gasteiger partial charge >= 0.3 is 0 Å². The van der Waals surface area contributed by atoms with Crippen molar-refractivity contribution >= 4 is 23.2 Å². The third-order valence-corrected chi connectivity index (χ3v) is 3.31. The first-order chi connectivity index (χ1) is 9.97. The van der Waals surface area contributed by atoms with Gasteiger partial charge in [0.2, 0.25) is 0 Å². The summed E-state index contributed by atoms with van der Waals surface area (Å²) in [4.78, 5) is 13.9. The standard InChI is InChI=1S/C16H16ClFN2O/c1-20(2)13-6-3-11(4-7-13)10-19-16(21)14-9-12(17)5-8-15(14)18/h3-9H,10H2,1-2H3,(H,19,21). The highest BCUT2D eigenvalue weighted by atomic mass is 35.5. The Morgan fingerprint density at radius 3 is 2.48 bits per heavy atom. The molecule has 0 aliphatic rings. The summed E-state index contributed by atoms with van der Waals surface area (Å²) < 4.78 is 13.6. The van der Waals surface area contributed by atoms with Crippen molar-refractivity contribution in [1.29, 1.82) is 0 Å². The molecular weight excluding hydrogens is 291 g/mol. The number of hydrogen-bond acceptors (Lipinski definition) is 2. The third kappa shape index (κ3) is 3.95. The van der Waals surface area contributed by atoms with Crippen LogP contribution in [0.25, 0.3) is 0 Å². The van der Waals surface area contributed by atoms with Crippen LogP contribution in [-0.4, -0.2) is 20.0 Å². The Morgan fingerprint density at radius 2 is 1.86 bits per heavy atom. The van der Waals surface area contributed by atoms with E-state index in [1.165, 1.54) is 18.2 Å². The van der Waals surface area contributed by atoms with E-state index >= 15 is 0 Å². The van der Waals surface area contributed by atoms with Crippen LogP contribution in [0.3, 0.4) is 0 Å². The lowest BCUT2D eigenvalue weighted by molar-refractivity contribution is 0.0947. The quantitative estimate of drug-likeness (QED) is 0.938. The lowest BCUT2D eigenvalue weighted by atomic mass is 10.1. The molecule has 110 valence electrons. The van der Waals surface area contributed by atoms with Crippen LogP contribution < -0.4 is 10.2 Å². The highest BCUT2D eigenvalue weighted by molar-refractivity contribution is 6.31. The fourth-order valence-electron chi connectivity index (χ4n) is 1.86. The second-order valence-electron chi connectivity index (χ2n) is 4.87. The first kappa shape index (κ1) is 15.3. The maximum absolute atomic E-state index is 13.6. The number of carbonyl (C=O) groups is 1. The van der Waals surface area contributed by atoms with Crippen molar-refractivity contribution in [1.82, 2.24) is 5.32 Å². The van der Waals surface area contributed by atoms with Gasteiger partial charge in [-0.3, -0.25) is 4.79 Å². The predicted octanol–water partition coefficient (Wildman–Crippen LogP) is 3.48. The van der Waals surface area contributed by atoms with Crippen LogP contribution in [0.1, 0.15) is 15.9 Å². The summed E-state index contributed by atoms with van der Waals surface area (Å²) >= 11 is 5.77. The number of halogens is 2. The largest absolute Gasteiger partial charge is 0.378 e. The molecule has 0 atom stereocenters. The van der Waals surface area contributed by atoms with Gasteiger partial charge in [0, 0.05) is 31.4 Å². The Hall–Kier alpha value is -2.07. The normalized spacial score (nSPS) is 10.3. The maximum Gasteiger partial charge on any atom is 0.254 e. The first-order valence-electron chi connectivity index (χ1n) is 6.47. The molecular formula is C16H16ClFN2O.